The first-order valence-corrected chi connectivity index (χ1v) is 11.0. The fourth-order valence-electron chi connectivity index (χ4n) is 4.04. The number of nitrogens with zero attached hydrogens (tertiary/aromatic N) is 1. The van der Waals surface area contributed by atoms with E-state index in [0.717, 1.165) is 30.0 Å². The summed E-state index contributed by atoms with van der Waals surface area (Å²) in [6.45, 7) is 3.55. The predicted octanol–water partition coefficient (Wildman–Crippen LogP) is 1.27. The number of benzene rings is 2. The lowest BCUT2D eigenvalue weighted by Crippen LogP contribution is -2.47. The molecule has 2 amide bonds. The zero-order valence-electron chi connectivity index (χ0n) is 18.7. The van der Waals surface area contributed by atoms with Crippen molar-refractivity contribution < 1.29 is 28.5 Å². The molecule has 0 radical (unpaired) electrons. The van der Waals surface area contributed by atoms with Crippen LogP contribution in [0.2, 0.25) is 0 Å². The zero-order chi connectivity index (χ0) is 23.0. The molecule has 2 heterocycles. The van der Waals surface area contributed by atoms with Crippen LogP contribution in [-0.4, -0.2) is 70.0 Å². The highest BCUT2D eigenvalue weighted by atomic mass is 16.7. The summed E-state index contributed by atoms with van der Waals surface area (Å²) in [6.07, 6.45) is 0.566. The van der Waals surface area contributed by atoms with Gasteiger partial charge in [-0.1, -0.05) is 24.3 Å². The molecule has 0 bridgehead atoms. The number of methoxy groups -OCH3 is 1. The molecule has 0 saturated carbocycles. The van der Waals surface area contributed by atoms with Gasteiger partial charge in [0.2, 0.25) is 6.79 Å². The second-order valence-corrected chi connectivity index (χ2v) is 7.80. The smallest absolute Gasteiger partial charge is 0.309 e. The number of hydrogen-bond donors (Lipinski definition) is 2. The Morgan fingerprint density at radius 2 is 1.79 bits per heavy atom. The third-order valence-corrected chi connectivity index (χ3v) is 5.80. The average molecular weight is 456 g/mol. The second-order valence-electron chi connectivity index (χ2n) is 7.80. The number of rotatable bonds is 8. The fourth-order valence-corrected chi connectivity index (χ4v) is 4.04. The van der Waals surface area contributed by atoms with Gasteiger partial charge in [-0.05, 0) is 35.7 Å². The Labute approximate surface area is 192 Å². The highest BCUT2D eigenvalue weighted by molar-refractivity contribution is 6.35. The summed E-state index contributed by atoms with van der Waals surface area (Å²) in [5, 5.41) is 5.47. The number of hydrogen-bond acceptors (Lipinski definition) is 7. The topological polar surface area (TPSA) is 98.4 Å². The van der Waals surface area contributed by atoms with Crippen LogP contribution >= 0.6 is 0 Å². The fraction of sp³-hybridized carbons (Fsp3) is 0.417. The van der Waals surface area contributed by atoms with Crippen molar-refractivity contribution in [2.75, 3.05) is 53.3 Å². The third-order valence-electron chi connectivity index (χ3n) is 5.80. The summed E-state index contributed by atoms with van der Waals surface area (Å²) < 4.78 is 21.7. The molecule has 1 atom stereocenters. The van der Waals surface area contributed by atoms with Gasteiger partial charge in [-0.25, -0.2) is 0 Å². The van der Waals surface area contributed by atoms with Crippen LogP contribution in [0.5, 0.6) is 17.2 Å². The molecule has 176 valence electrons. The molecule has 2 aliphatic heterocycles. The molecular formula is C24H29N3O6. The number of carbonyl (C=O) groups is 2. The summed E-state index contributed by atoms with van der Waals surface area (Å²) in [5.74, 6) is 0.836. The van der Waals surface area contributed by atoms with Crippen LogP contribution in [0, 0.1) is 0 Å². The second kappa shape index (κ2) is 11.0. The molecule has 4 rings (SSSR count). The van der Waals surface area contributed by atoms with Gasteiger partial charge in [0.25, 0.3) is 0 Å². The lowest BCUT2D eigenvalue weighted by Gasteiger charge is -2.34. The molecule has 0 aromatic heterocycles. The number of nitrogens with one attached hydrogen (secondary N) is 2. The Morgan fingerprint density at radius 3 is 2.61 bits per heavy atom. The van der Waals surface area contributed by atoms with E-state index in [2.05, 4.69) is 15.5 Å². The van der Waals surface area contributed by atoms with Gasteiger partial charge in [-0.3, -0.25) is 14.5 Å². The van der Waals surface area contributed by atoms with Crippen molar-refractivity contribution in [2.45, 2.75) is 12.5 Å². The molecule has 2 aromatic rings. The quantitative estimate of drug-likeness (QED) is 0.579. The van der Waals surface area contributed by atoms with E-state index in [1.165, 1.54) is 0 Å². The first kappa shape index (κ1) is 22.9. The molecule has 1 fully saturated rings. The van der Waals surface area contributed by atoms with E-state index in [1.54, 1.807) is 7.11 Å². The first-order valence-electron chi connectivity index (χ1n) is 11.0. The summed E-state index contributed by atoms with van der Waals surface area (Å²) in [7, 11) is 1.61. The summed E-state index contributed by atoms with van der Waals surface area (Å²) in [6, 6.07) is 13.3. The van der Waals surface area contributed by atoms with Crippen LogP contribution in [0.1, 0.15) is 17.2 Å². The molecule has 9 nitrogen and oxygen atoms in total. The monoisotopic (exact) mass is 455 g/mol. The van der Waals surface area contributed by atoms with Gasteiger partial charge in [-0.2, -0.15) is 0 Å². The van der Waals surface area contributed by atoms with E-state index in [1.807, 2.05) is 42.5 Å². The molecule has 0 unspecified atom stereocenters. The Kier molecular flexibility index (Phi) is 7.64. The highest BCUT2D eigenvalue weighted by Crippen LogP contribution is 2.35. The van der Waals surface area contributed by atoms with Crippen molar-refractivity contribution in [3.63, 3.8) is 0 Å². The summed E-state index contributed by atoms with van der Waals surface area (Å²) in [4.78, 5) is 27.1. The van der Waals surface area contributed by atoms with Crippen LogP contribution in [0.3, 0.4) is 0 Å². The minimum atomic E-state index is -0.658. The highest BCUT2D eigenvalue weighted by Gasteiger charge is 2.26. The van der Waals surface area contributed by atoms with Crippen LogP contribution in [0.15, 0.2) is 42.5 Å². The van der Waals surface area contributed by atoms with E-state index >= 15 is 0 Å². The van der Waals surface area contributed by atoms with E-state index in [9.17, 15) is 9.59 Å². The number of morpholine rings is 1. The van der Waals surface area contributed by atoms with Crippen LogP contribution in [-0.2, 0) is 20.7 Å². The zero-order valence-corrected chi connectivity index (χ0v) is 18.7. The van der Waals surface area contributed by atoms with Gasteiger partial charge in [0, 0.05) is 26.2 Å². The molecule has 2 aliphatic rings. The van der Waals surface area contributed by atoms with Crippen molar-refractivity contribution in [3.05, 3.63) is 53.6 Å². The van der Waals surface area contributed by atoms with Gasteiger partial charge in [0.1, 0.15) is 5.75 Å². The molecule has 2 aromatic carbocycles. The molecule has 0 spiro atoms. The largest absolute Gasteiger partial charge is 0.496 e. The Bertz CT molecular complexity index is 976. The van der Waals surface area contributed by atoms with Gasteiger partial charge < -0.3 is 29.6 Å². The van der Waals surface area contributed by atoms with Crippen molar-refractivity contribution in [1.82, 2.24) is 15.5 Å². The summed E-state index contributed by atoms with van der Waals surface area (Å²) in [5.41, 5.74) is 1.95. The molecular weight excluding hydrogens is 426 g/mol. The minimum absolute atomic E-state index is 0.117. The first-order chi connectivity index (χ1) is 16.2. The van der Waals surface area contributed by atoms with Crippen LogP contribution in [0.4, 0.5) is 0 Å². The van der Waals surface area contributed by atoms with Gasteiger partial charge >= 0.3 is 11.8 Å². The van der Waals surface area contributed by atoms with E-state index in [-0.39, 0.29) is 12.8 Å². The molecule has 0 aliphatic carbocycles. The van der Waals surface area contributed by atoms with Crippen molar-refractivity contribution in [1.29, 1.82) is 0 Å². The number of para-hydroxylation sites is 1. The van der Waals surface area contributed by atoms with Crippen LogP contribution in [0.25, 0.3) is 0 Å². The van der Waals surface area contributed by atoms with Gasteiger partial charge in [0.15, 0.2) is 11.5 Å². The number of fused-ring (bicyclic) bond motifs is 1. The number of carbonyl (C=O) groups excluding carboxylic acids is 2. The average Bonchev–Trinajstić information content (AvgIpc) is 3.33. The predicted molar refractivity (Wildman–Crippen MR) is 120 cm³/mol. The van der Waals surface area contributed by atoms with Gasteiger partial charge in [-0.15, -0.1) is 0 Å². The van der Waals surface area contributed by atoms with Crippen LogP contribution < -0.4 is 24.8 Å². The lowest BCUT2D eigenvalue weighted by atomic mass is 10.0. The summed E-state index contributed by atoms with van der Waals surface area (Å²) >= 11 is 0. The SMILES string of the molecule is COc1ccccc1CCNC(=O)C(=O)NC[C@H](c1ccc2c(c1)OCO2)N1CCOCC1. The minimum Gasteiger partial charge on any atom is -0.496 e. The Balaban J connectivity index is 1.33. The molecule has 33 heavy (non-hydrogen) atoms. The van der Waals surface area contributed by atoms with E-state index < -0.39 is 11.8 Å². The van der Waals surface area contributed by atoms with Gasteiger partial charge in [0.05, 0.1) is 26.4 Å². The van der Waals surface area contributed by atoms with Crippen molar-refractivity contribution in [2.24, 2.45) is 0 Å². The van der Waals surface area contributed by atoms with Crippen molar-refractivity contribution in [3.8, 4) is 17.2 Å². The van der Waals surface area contributed by atoms with Crippen molar-refractivity contribution >= 4 is 11.8 Å². The Morgan fingerprint density at radius 1 is 1.03 bits per heavy atom. The maximum atomic E-state index is 12.5. The maximum Gasteiger partial charge on any atom is 0.309 e. The number of amides is 2. The standard InChI is InChI=1S/C24H29N3O6/c1-30-20-5-3-2-4-17(20)8-9-25-23(28)24(29)26-15-19(27-10-12-31-13-11-27)18-6-7-21-22(14-18)33-16-32-21/h2-7,14,19H,8-13,15-16H2,1H3,(H,25,28)(H,26,29)/t19-/m1/s1. The maximum absolute atomic E-state index is 12.5. The van der Waals surface area contributed by atoms with E-state index in [0.29, 0.717) is 44.2 Å². The van der Waals surface area contributed by atoms with E-state index in [4.69, 9.17) is 18.9 Å². The normalized spacial score (nSPS) is 16.2. The molecule has 1 saturated heterocycles. The lowest BCUT2D eigenvalue weighted by molar-refractivity contribution is -0.139. The molecule has 2 N–H and O–H groups in total. The third kappa shape index (κ3) is 5.74. The Hall–Kier alpha value is -3.30. The number of ether oxygens (including phenoxy) is 4. The molecule has 9 heteroatoms.